The Morgan fingerprint density at radius 3 is 2.46 bits per heavy atom. The van der Waals surface area contributed by atoms with Crippen molar-refractivity contribution in [3.05, 3.63) is 100 Å². The van der Waals surface area contributed by atoms with Gasteiger partial charge in [0.25, 0.3) is 0 Å². The minimum Gasteiger partial charge on any atom is -0.465 e. The first-order chi connectivity index (χ1) is 20.0. The Labute approximate surface area is 238 Å². The Morgan fingerprint density at radius 1 is 0.927 bits per heavy atom. The molecule has 0 atom stereocenters. The summed E-state index contributed by atoms with van der Waals surface area (Å²) in [6.07, 6.45) is 2.31. The third-order valence-electron chi connectivity index (χ3n) is 8.52. The molecule has 41 heavy (non-hydrogen) atoms. The average molecular weight is 554 g/mol. The van der Waals surface area contributed by atoms with Gasteiger partial charge in [0.1, 0.15) is 5.54 Å². The third-order valence-corrected chi connectivity index (χ3v) is 8.52. The van der Waals surface area contributed by atoms with E-state index in [4.69, 9.17) is 4.74 Å². The van der Waals surface area contributed by atoms with Crippen molar-refractivity contribution in [3.8, 4) is 0 Å². The van der Waals surface area contributed by atoms with Crippen molar-refractivity contribution in [2.45, 2.75) is 37.9 Å². The van der Waals surface area contributed by atoms with Crippen LogP contribution in [0.2, 0.25) is 0 Å². The molecule has 2 aliphatic heterocycles. The molecule has 1 aromatic heterocycles. The van der Waals surface area contributed by atoms with Crippen LogP contribution in [-0.4, -0.2) is 70.2 Å². The predicted octanol–water partition coefficient (Wildman–Crippen LogP) is 3.85. The number of para-hydroxylation sites is 3. The first kappa shape index (κ1) is 26.8. The van der Waals surface area contributed by atoms with Gasteiger partial charge in [0, 0.05) is 31.9 Å². The number of imidazole rings is 1. The molecule has 0 bridgehead atoms. The number of likely N-dealkylation sites (tertiary alicyclic amines) is 1. The van der Waals surface area contributed by atoms with Crippen LogP contribution in [0.5, 0.6) is 0 Å². The van der Waals surface area contributed by atoms with E-state index in [1.165, 1.54) is 7.11 Å². The zero-order valence-electron chi connectivity index (χ0n) is 23.3. The average Bonchev–Trinajstić information content (AvgIpc) is 3.47. The summed E-state index contributed by atoms with van der Waals surface area (Å²) in [6, 6.07) is 25.2. The number of benzene rings is 3. The second-order valence-corrected chi connectivity index (χ2v) is 10.9. The molecule has 6 rings (SSSR count). The number of carbonyl (C=O) groups excluding carboxylic acids is 2. The highest BCUT2D eigenvalue weighted by molar-refractivity contribution is 5.94. The number of nitrogens with one attached hydrogen (secondary N) is 1. The normalized spacial score (nSPS) is 17.0. The monoisotopic (exact) mass is 553 g/mol. The Hall–Kier alpha value is -4.37. The van der Waals surface area contributed by atoms with E-state index in [2.05, 4.69) is 26.9 Å². The van der Waals surface area contributed by atoms with E-state index in [0.29, 0.717) is 25.3 Å². The van der Waals surface area contributed by atoms with Crippen LogP contribution in [-0.2, 0) is 22.6 Å². The number of aromatic nitrogens is 2. The van der Waals surface area contributed by atoms with Gasteiger partial charge >= 0.3 is 11.7 Å². The fourth-order valence-corrected chi connectivity index (χ4v) is 6.39. The molecule has 4 aromatic rings. The zero-order chi connectivity index (χ0) is 28.4. The van der Waals surface area contributed by atoms with Gasteiger partial charge in [-0.05, 0) is 67.8 Å². The van der Waals surface area contributed by atoms with Crippen LogP contribution < -0.4 is 10.6 Å². The second kappa shape index (κ2) is 11.2. The van der Waals surface area contributed by atoms with Crippen LogP contribution in [0.25, 0.3) is 11.0 Å². The van der Waals surface area contributed by atoms with E-state index in [1.54, 1.807) is 12.1 Å². The molecule has 0 radical (unpaired) electrons. The maximum Gasteiger partial charge on any atom is 0.337 e. The zero-order valence-corrected chi connectivity index (χ0v) is 23.3. The van der Waals surface area contributed by atoms with Gasteiger partial charge in [-0.3, -0.25) is 9.36 Å². The number of H-pyrrole nitrogens is 1. The molecular weight excluding hydrogens is 518 g/mol. The summed E-state index contributed by atoms with van der Waals surface area (Å²) in [4.78, 5) is 48.1. The van der Waals surface area contributed by atoms with Gasteiger partial charge in [0.15, 0.2) is 0 Å². The summed E-state index contributed by atoms with van der Waals surface area (Å²) in [5.41, 5.74) is 3.54. The fourth-order valence-electron chi connectivity index (χ4n) is 6.39. The van der Waals surface area contributed by atoms with Crippen LogP contribution >= 0.6 is 0 Å². The molecule has 212 valence electrons. The number of esters is 1. The summed E-state index contributed by atoms with van der Waals surface area (Å²) in [5.74, 6) is -0.251. The number of fused-ring (bicyclic) bond motifs is 1. The molecule has 1 N–H and O–H groups in total. The van der Waals surface area contributed by atoms with Gasteiger partial charge in [-0.25, -0.2) is 9.59 Å². The van der Waals surface area contributed by atoms with E-state index in [9.17, 15) is 14.4 Å². The molecule has 0 aliphatic carbocycles. The SMILES string of the molecule is COC(=O)c1cccc(CN2CN(c3ccccc3)C3(CCN(CCCn4c(=O)[nH]c5ccccc54)CC3)C2=O)c1. The summed E-state index contributed by atoms with van der Waals surface area (Å²) < 4.78 is 6.69. The van der Waals surface area contributed by atoms with Crippen LogP contribution in [0, 0.1) is 0 Å². The number of methoxy groups -OCH3 is 1. The van der Waals surface area contributed by atoms with E-state index >= 15 is 0 Å². The lowest BCUT2D eigenvalue weighted by Gasteiger charge is -2.43. The molecular formula is C32H35N5O4. The molecule has 0 unspecified atom stereocenters. The van der Waals surface area contributed by atoms with Crippen molar-refractivity contribution in [3.63, 3.8) is 0 Å². The molecule has 2 saturated heterocycles. The van der Waals surface area contributed by atoms with Gasteiger partial charge in [0.05, 0.1) is 30.4 Å². The maximum atomic E-state index is 14.1. The number of rotatable bonds is 8. The van der Waals surface area contributed by atoms with Crippen molar-refractivity contribution >= 4 is 28.6 Å². The Bertz CT molecular complexity index is 1600. The molecule has 3 heterocycles. The highest BCUT2D eigenvalue weighted by atomic mass is 16.5. The molecule has 3 aromatic carbocycles. The van der Waals surface area contributed by atoms with Gasteiger partial charge in [0.2, 0.25) is 5.91 Å². The van der Waals surface area contributed by atoms with Gasteiger partial charge in [-0.1, -0.05) is 42.5 Å². The fraction of sp³-hybridized carbons (Fsp3) is 0.344. The van der Waals surface area contributed by atoms with E-state index in [0.717, 1.165) is 61.2 Å². The number of hydrogen-bond acceptors (Lipinski definition) is 6. The number of anilines is 1. The number of hydrogen-bond donors (Lipinski definition) is 1. The molecule has 1 amide bonds. The Kier molecular flexibility index (Phi) is 7.36. The largest absolute Gasteiger partial charge is 0.465 e. The number of piperidine rings is 1. The Morgan fingerprint density at radius 2 is 1.68 bits per heavy atom. The second-order valence-electron chi connectivity index (χ2n) is 10.9. The van der Waals surface area contributed by atoms with Crippen LogP contribution in [0.1, 0.15) is 35.2 Å². The minimum atomic E-state index is -0.606. The molecule has 9 heteroatoms. The van der Waals surface area contributed by atoms with E-state index in [1.807, 2.05) is 64.1 Å². The highest BCUT2D eigenvalue weighted by Gasteiger charge is 2.53. The van der Waals surface area contributed by atoms with Crippen LogP contribution in [0.3, 0.4) is 0 Å². The predicted molar refractivity (Wildman–Crippen MR) is 158 cm³/mol. The topological polar surface area (TPSA) is 90.9 Å². The highest BCUT2D eigenvalue weighted by Crippen LogP contribution is 2.40. The van der Waals surface area contributed by atoms with Gasteiger partial charge < -0.3 is 24.4 Å². The molecule has 0 saturated carbocycles. The molecule has 1 spiro atoms. The number of aryl methyl sites for hydroxylation is 1. The number of carbonyl (C=O) groups is 2. The van der Waals surface area contributed by atoms with Crippen LogP contribution in [0.4, 0.5) is 5.69 Å². The third kappa shape index (κ3) is 5.13. The van der Waals surface area contributed by atoms with Crippen molar-refractivity contribution in [2.24, 2.45) is 0 Å². The quantitative estimate of drug-likeness (QED) is 0.334. The molecule has 2 fully saturated rings. The minimum absolute atomic E-state index is 0.0731. The lowest BCUT2D eigenvalue weighted by atomic mass is 9.85. The summed E-state index contributed by atoms with van der Waals surface area (Å²) >= 11 is 0. The summed E-state index contributed by atoms with van der Waals surface area (Å²) in [7, 11) is 1.37. The maximum absolute atomic E-state index is 14.1. The summed E-state index contributed by atoms with van der Waals surface area (Å²) in [6.45, 7) is 4.06. The number of amides is 1. The smallest absolute Gasteiger partial charge is 0.337 e. The first-order valence-electron chi connectivity index (χ1n) is 14.2. The van der Waals surface area contributed by atoms with Gasteiger partial charge in [-0.2, -0.15) is 0 Å². The number of ether oxygens (including phenoxy) is 1. The lowest BCUT2D eigenvalue weighted by molar-refractivity contribution is -0.134. The lowest BCUT2D eigenvalue weighted by Crippen LogP contribution is -2.56. The van der Waals surface area contributed by atoms with E-state index < -0.39 is 5.54 Å². The van der Waals surface area contributed by atoms with Crippen molar-refractivity contribution in [1.29, 1.82) is 0 Å². The number of nitrogens with zero attached hydrogens (tertiary/aromatic N) is 4. The standard InChI is InChI=1S/C32H35N5O4/c1-41-29(38)25-10-7-9-24(21-25)22-35-23-37(26-11-3-2-4-12-26)32(30(35)39)15-19-34(20-16-32)17-8-18-36-28-14-6-5-13-27(28)33-31(36)40/h2-7,9-14,21H,8,15-20,22-23H2,1H3,(H,33,40). The van der Waals surface area contributed by atoms with E-state index in [-0.39, 0.29) is 17.6 Å². The Balaban J connectivity index is 1.15. The first-order valence-corrected chi connectivity index (χ1v) is 14.2. The van der Waals surface area contributed by atoms with Crippen molar-refractivity contribution in [2.75, 3.05) is 38.3 Å². The van der Waals surface area contributed by atoms with Gasteiger partial charge in [-0.15, -0.1) is 0 Å². The molecule has 2 aliphatic rings. The van der Waals surface area contributed by atoms with Crippen molar-refractivity contribution in [1.82, 2.24) is 19.4 Å². The molecule has 9 nitrogen and oxygen atoms in total. The van der Waals surface area contributed by atoms with Crippen LogP contribution in [0.15, 0.2) is 83.7 Å². The summed E-state index contributed by atoms with van der Waals surface area (Å²) in [5, 5.41) is 0. The number of aromatic amines is 1. The van der Waals surface area contributed by atoms with Crippen molar-refractivity contribution < 1.29 is 14.3 Å².